The summed E-state index contributed by atoms with van der Waals surface area (Å²) in [6.07, 6.45) is 1.78. The molecule has 2 aromatic carbocycles. The second-order valence-corrected chi connectivity index (χ2v) is 9.55. The number of rotatable bonds is 6. The zero-order valence-corrected chi connectivity index (χ0v) is 18.8. The van der Waals surface area contributed by atoms with Gasteiger partial charge < -0.3 is 10.5 Å². The van der Waals surface area contributed by atoms with E-state index in [0.29, 0.717) is 11.7 Å². The highest BCUT2D eigenvalue weighted by atomic mass is 32.1. The van der Waals surface area contributed by atoms with Crippen molar-refractivity contribution in [3.8, 4) is 16.3 Å². The number of anilines is 1. The van der Waals surface area contributed by atoms with Crippen LogP contribution in [-0.2, 0) is 6.61 Å². The van der Waals surface area contributed by atoms with E-state index in [0.717, 1.165) is 22.0 Å². The van der Waals surface area contributed by atoms with Crippen molar-refractivity contribution < 1.29 is 4.74 Å². The van der Waals surface area contributed by atoms with Crippen molar-refractivity contribution in [3.63, 3.8) is 0 Å². The molecule has 0 fully saturated rings. The molecule has 31 heavy (non-hydrogen) atoms. The molecular formula is C25H26N4OS. The Morgan fingerprint density at radius 1 is 0.903 bits per heavy atom. The van der Waals surface area contributed by atoms with Crippen LogP contribution in [0.1, 0.15) is 43.5 Å². The highest BCUT2D eigenvalue weighted by molar-refractivity contribution is 7.18. The SMILES string of the molecule is CC(C)(C)C(c1ccc(OCc2ccccn2)cc1)c1ccc(-c2nnc(N)s2)cc1. The summed E-state index contributed by atoms with van der Waals surface area (Å²) < 4.78 is 5.90. The van der Waals surface area contributed by atoms with Crippen LogP contribution in [-0.4, -0.2) is 15.2 Å². The molecule has 0 saturated heterocycles. The number of aromatic nitrogens is 3. The molecule has 2 heterocycles. The first-order valence-corrected chi connectivity index (χ1v) is 11.0. The summed E-state index contributed by atoms with van der Waals surface area (Å²) in [5.41, 5.74) is 10.2. The molecule has 2 aromatic heterocycles. The molecule has 2 N–H and O–H groups in total. The summed E-state index contributed by atoms with van der Waals surface area (Å²) in [5.74, 6) is 1.08. The predicted molar refractivity (Wildman–Crippen MR) is 126 cm³/mol. The number of ether oxygens (including phenoxy) is 1. The Labute approximate surface area is 187 Å². The minimum absolute atomic E-state index is 0.0466. The lowest BCUT2D eigenvalue weighted by molar-refractivity contribution is 0.301. The fourth-order valence-electron chi connectivity index (χ4n) is 3.76. The minimum Gasteiger partial charge on any atom is -0.487 e. The third-order valence-electron chi connectivity index (χ3n) is 5.12. The van der Waals surface area contributed by atoms with E-state index in [1.54, 1.807) is 6.20 Å². The number of pyridine rings is 1. The molecule has 0 radical (unpaired) electrons. The van der Waals surface area contributed by atoms with Gasteiger partial charge in [-0.1, -0.05) is 74.6 Å². The van der Waals surface area contributed by atoms with Crippen LogP contribution in [0.25, 0.3) is 10.6 Å². The molecule has 0 amide bonds. The molecule has 5 nitrogen and oxygen atoms in total. The first-order chi connectivity index (χ1) is 14.9. The van der Waals surface area contributed by atoms with Crippen LogP contribution in [0.5, 0.6) is 5.75 Å². The molecule has 0 aliphatic carbocycles. The van der Waals surface area contributed by atoms with Gasteiger partial charge in [-0.05, 0) is 40.8 Å². The number of nitrogens with two attached hydrogens (primary N) is 1. The quantitative estimate of drug-likeness (QED) is 0.410. The topological polar surface area (TPSA) is 73.9 Å². The van der Waals surface area contributed by atoms with Crippen LogP contribution in [0.4, 0.5) is 5.13 Å². The summed E-state index contributed by atoms with van der Waals surface area (Å²) in [6.45, 7) is 7.26. The molecule has 4 aromatic rings. The first-order valence-electron chi connectivity index (χ1n) is 10.2. The fourth-order valence-corrected chi connectivity index (χ4v) is 4.37. The zero-order valence-electron chi connectivity index (χ0n) is 17.9. The fraction of sp³-hybridized carbons (Fsp3) is 0.240. The maximum atomic E-state index is 5.90. The van der Waals surface area contributed by atoms with Crippen molar-refractivity contribution in [2.45, 2.75) is 33.3 Å². The van der Waals surface area contributed by atoms with Gasteiger partial charge in [0.05, 0.1) is 5.69 Å². The van der Waals surface area contributed by atoms with E-state index in [1.165, 1.54) is 22.5 Å². The summed E-state index contributed by atoms with van der Waals surface area (Å²) in [6, 6.07) is 22.8. The van der Waals surface area contributed by atoms with E-state index in [4.69, 9.17) is 10.5 Å². The summed E-state index contributed by atoms with van der Waals surface area (Å²) in [4.78, 5) is 4.30. The lowest BCUT2D eigenvalue weighted by Crippen LogP contribution is -2.19. The van der Waals surface area contributed by atoms with Gasteiger partial charge >= 0.3 is 0 Å². The van der Waals surface area contributed by atoms with E-state index in [-0.39, 0.29) is 11.3 Å². The van der Waals surface area contributed by atoms with Crippen LogP contribution in [0.3, 0.4) is 0 Å². The van der Waals surface area contributed by atoms with Crippen molar-refractivity contribution in [1.29, 1.82) is 0 Å². The van der Waals surface area contributed by atoms with Crippen LogP contribution < -0.4 is 10.5 Å². The van der Waals surface area contributed by atoms with Gasteiger partial charge in [-0.15, -0.1) is 10.2 Å². The maximum Gasteiger partial charge on any atom is 0.203 e. The highest BCUT2D eigenvalue weighted by Crippen LogP contribution is 2.41. The molecule has 158 valence electrons. The standard InChI is InChI=1S/C25H26N4OS/c1-25(2,3)22(17-7-9-19(10-8-17)23-28-29-24(26)31-23)18-11-13-21(14-12-18)30-16-20-6-4-5-15-27-20/h4-15,22H,16H2,1-3H3,(H2,26,29). The van der Waals surface area contributed by atoms with Gasteiger partial charge in [-0.3, -0.25) is 4.98 Å². The second-order valence-electron chi connectivity index (χ2n) is 8.55. The Balaban J connectivity index is 1.54. The molecule has 0 aliphatic heterocycles. The van der Waals surface area contributed by atoms with Crippen LogP contribution in [0.15, 0.2) is 72.9 Å². The summed E-state index contributed by atoms with van der Waals surface area (Å²) in [7, 11) is 0. The van der Waals surface area contributed by atoms with Gasteiger partial charge in [-0.25, -0.2) is 0 Å². The van der Waals surface area contributed by atoms with E-state index in [9.17, 15) is 0 Å². The van der Waals surface area contributed by atoms with Gasteiger partial charge in [0, 0.05) is 17.7 Å². The van der Waals surface area contributed by atoms with Crippen LogP contribution >= 0.6 is 11.3 Å². The number of nitrogens with zero attached hydrogens (tertiary/aromatic N) is 3. The van der Waals surface area contributed by atoms with E-state index < -0.39 is 0 Å². The van der Waals surface area contributed by atoms with Crippen molar-refractivity contribution in [1.82, 2.24) is 15.2 Å². The van der Waals surface area contributed by atoms with Crippen molar-refractivity contribution in [2.75, 3.05) is 5.73 Å². The number of hydrogen-bond donors (Lipinski definition) is 1. The molecule has 6 heteroatoms. The van der Waals surface area contributed by atoms with Gasteiger partial charge in [0.25, 0.3) is 0 Å². The predicted octanol–water partition coefficient (Wildman–Crippen LogP) is 5.94. The van der Waals surface area contributed by atoms with Gasteiger partial charge in [0.15, 0.2) is 0 Å². The molecule has 0 spiro atoms. The lowest BCUT2D eigenvalue weighted by Gasteiger charge is -2.32. The van der Waals surface area contributed by atoms with Crippen molar-refractivity contribution in [2.24, 2.45) is 5.41 Å². The van der Waals surface area contributed by atoms with Crippen LogP contribution in [0, 0.1) is 5.41 Å². The molecule has 0 saturated carbocycles. The Hall–Kier alpha value is -3.25. The van der Waals surface area contributed by atoms with Crippen molar-refractivity contribution >= 4 is 16.5 Å². The molecule has 0 aliphatic rings. The molecular weight excluding hydrogens is 404 g/mol. The number of benzene rings is 2. The second kappa shape index (κ2) is 8.86. The largest absolute Gasteiger partial charge is 0.487 e. The Bertz CT molecular complexity index is 1120. The average Bonchev–Trinajstić information content (AvgIpc) is 3.20. The highest BCUT2D eigenvalue weighted by Gasteiger charge is 2.28. The third kappa shape index (κ3) is 5.09. The monoisotopic (exact) mass is 430 g/mol. The Morgan fingerprint density at radius 2 is 1.58 bits per heavy atom. The van der Waals surface area contributed by atoms with E-state index in [1.807, 2.05) is 30.3 Å². The normalized spacial score (nSPS) is 12.5. The molecule has 1 unspecified atom stereocenters. The first kappa shape index (κ1) is 21.0. The third-order valence-corrected chi connectivity index (χ3v) is 5.93. The lowest BCUT2D eigenvalue weighted by atomic mass is 9.72. The Morgan fingerprint density at radius 3 is 2.13 bits per heavy atom. The van der Waals surface area contributed by atoms with Gasteiger partial charge in [0.2, 0.25) is 5.13 Å². The van der Waals surface area contributed by atoms with Gasteiger partial charge in [0.1, 0.15) is 17.4 Å². The molecule has 4 rings (SSSR count). The maximum absolute atomic E-state index is 5.90. The Kier molecular flexibility index (Phi) is 6.00. The number of nitrogen functional groups attached to an aromatic ring is 1. The molecule has 1 atom stereocenters. The van der Waals surface area contributed by atoms with E-state index in [2.05, 4.69) is 72.4 Å². The van der Waals surface area contributed by atoms with E-state index >= 15 is 0 Å². The summed E-state index contributed by atoms with van der Waals surface area (Å²) in [5, 5.41) is 9.37. The average molecular weight is 431 g/mol. The van der Waals surface area contributed by atoms with Crippen LogP contribution in [0.2, 0.25) is 0 Å². The number of hydrogen-bond acceptors (Lipinski definition) is 6. The molecule has 0 bridgehead atoms. The van der Waals surface area contributed by atoms with Crippen molar-refractivity contribution in [3.05, 3.63) is 89.7 Å². The summed E-state index contributed by atoms with van der Waals surface area (Å²) >= 11 is 1.40. The smallest absolute Gasteiger partial charge is 0.203 e. The minimum atomic E-state index is 0.0466. The van der Waals surface area contributed by atoms with Gasteiger partial charge in [-0.2, -0.15) is 0 Å². The zero-order chi connectivity index (χ0) is 21.8.